The Morgan fingerprint density at radius 3 is 2.63 bits per heavy atom. The monoisotopic (exact) mass is 516 g/mol. The number of amides is 3. The lowest BCUT2D eigenvalue weighted by molar-refractivity contribution is -0.123. The van der Waals surface area contributed by atoms with E-state index in [2.05, 4.69) is 15.6 Å². The van der Waals surface area contributed by atoms with Gasteiger partial charge in [-0.05, 0) is 48.0 Å². The average molecular weight is 517 g/mol. The number of carbonyl (C=O) groups excluding carboxylic acids is 3. The number of aromatic nitrogens is 1. The predicted octanol–water partition coefficient (Wildman–Crippen LogP) is 2.19. The maximum atomic E-state index is 13.4. The minimum Gasteiger partial charge on any atom is -0.493 e. The number of hydrogen-bond acceptors (Lipinski definition) is 7. The summed E-state index contributed by atoms with van der Waals surface area (Å²) in [5.74, 6) is 0.503. The molecule has 0 radical (unpaired) electrons. The molecular weight excluding hydrogens is 488 g/mol. The Morgan fingerprint density at radius 2 is 1.87 bits per heavy atom. The van der Waals surface area contributed by atoms with Gasteiger partial charge in [0, 0.05) is 49.6 Å². The summed E-state index contributed by atoms with van der Waals surface area (Å²) in [6.07, 6.45) is 3.32. The molecule has 1 aromatic heterocycles. The molecule has 38 heavy (non-hydrogen) atoms. The van der Waals surface area contributed by atoms with E-state index < -0.39 is 6.04 Å². The number of nitrogens with zero attached hydrogens (tertiary/aromatic N) is 2. The zero-order valence-corrected chi connectivity index (χ0v) is 20.9. The number of hydrogen-bond donors (Lipinski definition) is 2. The van der Waals surface area contributed by atoms with Crippen molar-refractivity contribution in [3.05, 3.63) is 83.7 Å². The van der Waals surface area contributed by atoms with Gasteiger partial charge >= 0.3 is 0 Å². The number of nitrogens with one attached hydrogen (secondary N) is 2. The quantitative estimate of drug-likeness (QED) is 0.536. The summed E-state index contributed by atoms with van der Waals surface area (Å²) in [5.41, 5.74) is 1.76. The molecule has 0 saturated carbocycles. The zero-order valence-electron chi connectivity index (χ0n) is 20.9. The second kappa shape index (κ2) is 11.2. The van der Waals surface area contributed by atoms with Gasteiger partial charge in [-0.3, -0.25) is 19.4 Å². The molecule has 2 N–H and O–H groups in total. The summed E-state index contributed by atoms with van der Waals surface area (Å²) in [7, 11) is 1.49. The lowest BCUT2D eigenvalue weighted by Crippen LogP contribution is -2.58. The molecule has 2 aromatic carbocycles. The van der Waals surface area contributed by atoms with Crippen molar-refractivity contribution < 1.29 is 28.6 Å². The van der Waals surface area contributed by atoms with Gasteiger partial charge < -0.3 is 29.7 Å². The predicted molar refractivity (Wildman–Crippen MR) is 137 cm³/mol. The van der Waals surface area contributed by atoms with Crippen molar-refractivity contribution in [3.8, 4) is 17.2 Å². The molecule has 0 spiro atoms. The van der Waals surface area contributed by atoms with E-state index in [4.69, 9.17) is 14.2 Å². The van der Waals surface area contributed by atoms with E-state index in [1.54, 1.807) is 41.6 Å². The summed E-state index contributed by atoms with van der Waals surface area (Å²) in [6.45, 7) is 0.841. The number of pyridine rings is 1. The molecule has 6 rings (SSSR count). The number of rotatable bonds is 2. The van der Waals surface area contributed by atoms with Crippen LogP contribution in [-0.4, -0.2) is 66.6 Å². The minimum absolute atomic E-state index is 0.134. The van der Waals surface area contributed by atoms with Crippen LogP contribution in [0.15, 0.2) is 67.0 Å². The summed E-state index contributed by atoms with van der Waals surface area (Å²) in [6, 6.07) is 15.0. The van der Waals surface area contributed by atoms with Crippen molar-refractivity contribution in [1.82, 2.24) is 20.5 Å². The summed E-state index contributed by atoms with van der Waals surface area (Å²) in [5, 5.41) is 5.87. The molecule has 0 aliphatic carbocycles. The van der Waals surface area contributed by atoms with Crippen LogP contribution in [0.2, 0.25) is 0 Å². The zero-order chi connectivity index (χ0) is 26.5. The third-order valence-corrected chi connectivity index (χ3v) is 6.57. The van der Waals surface area contributed by atoms with Gasteiger partial charge in [-0.1, -0.05) is 12.1 Å². The molecule has 1 fully saturated rings. The normalized spacial score (nSPS) is 19.7. The van der Waals surface area contributed by atoms with Crippen LogP contribution in [0.25, 0.3) is 0 Å². The first kappa shape index (κ1) is 25.1. The van der Waals surface area contributed by atoms with Crippen molar-refractivity contribution in [3.63, 3.8) is 0 Å². The Morgan fingerprint density at radius 1 is 1.08 bits per heavy atom. The third-order valence-electron chi connectivity index (χ3n) is 6.57. The maximum Gasteiger partial charge on any atom is 0.258 e. The number of likely N-dealkylation sites (tertiary alicyclic amines) is 1. The molecule has 3 aromatic rings. The molecular formula is C28H28N4O6. The fourth-order valence-electron chi connectivity index (χ4n) is 4.51. The molecule has 2 atom stereocenters. The van der Waals surface area contributed by atoms with Crippen LogP contribution in [0.5, 0.6) is 17.2 Å². The molecule has 10 nitrogen and oxygen atoms in total. The van der Waals surface area contributed by atoms with E-state index >= 15 is 0 Å². The molecule has 196 valence electrons. The van der Waals surface area contributed by atoms with E-state index in [0.29, 0.717) is 42.1 Å². The van der Waals surface area contributed by atoms with Crippen molar-refractivity contribution in [2.75, 3.05) is 26.8 Å². The van der Waals surface area contributed by atoms with E-state index in [1.807, 2.05) is 24.3 Å². The number of benzene rings is 2. The van der Waals surface area contributed by atoms with Crippen LogP contribution < -0.4 is 24.8 Å². The molecule has 3 amide bonds. The van der Waals surface area contributed by atoms with Crippen molar-refractivity contribution in [2.24, 2.45) is 0 Å². The van der Waals surface area contributed by atoms with Gasteiger partial charge in [0.05, 0.1) is 13.2 Å². The van der Waals surface area contributed by atoms with Gasteiger partial charge in [0.1, 0.15) is 11.9 Å². The lowest BCUT2D eigenvalue weighted by atomic mass is 10.00. The van der Waals surface area contributed by atoms with Crippen LogP contribution in [0.1, 0.15) is 32.7 Å². The molecule has 0 unspecified atom stereocenters. The first-order valence-electron chi connectivity index (χ1n) is 12.3. The molecule has 10 heteroatoms. The Labute approximate surface area is 219 Å². The minimum atomic E-state index is -0.480. The Kier molecular flexibility index (Phi) is 7.39. The Balaban J connectivity index is 1.44. The number of ether oxygens (including phenoxy) is 3. The summed E-state index contributed by atoms with van der Waals surface area (Å²) in [4.78, 5) is 44.5. The molecule has 3 aliphatic heterocycles. The largest absolute Gasteiger partial charge is 0.493 e. The standard InChI is InChI=1S/C28H28N4O6/c1-36-24-7-4-20-14-25(24)37-17-26(33)30-15-18-2-5-21(6-3-18)38-23-10-13-32(16-22(23)31-27(20)34)28(35)19-8-11-29-12-9-19/h2-9,11-12,14,22-23H,10,13,15-17H2,1H3,(H,30,33)(H,31,34)/t22-,23+/m0/s1. The highest BCUT2D eigenvalue weighted by molar-refractivity contribution is 5.96. The molecule has 3 aliphatic rings. The van der Waals surface area contributed by atoms with Gasteiger partial charge in [-0.2, -0.15) is 0 Å². The van der Waals surface area contributed by atoms with E-state index in [9.17, 15) is 14.4 Å². The van der Waals surface area contributed by atoms with E-state index in [-0.39, 0.29) is 42.7 Å². The molecule has 4 bridgehead atoms. The fraction of sp³-hybridized carbons (Fsp3) is 0.286. The number of methoxy groups -OCH3 is 1. The second-order valence-corrected chi connectivity index (χ2v) is 9.09. The van der Waals surface area contributed by atoms with Gasteiger partial charge in [-0.15, -0.1) is 0 Å². The lowest BCUT2D eigenvalue weighted by Gasteiger charge is -2.39. The first-order valence-corrected chi connectivity index (χ1v) is 12.3. The third kappa shape index (κ3) is 5.69. The van der Waals surface area contributed by atoms with Crippen LogP contribution in [0.4, 0.5) is 0 Å². The summed E-state index contributed by atoms with van der Waals surface area (Å²) >= 11 is 0. The van der Waals surface area contributed by atoms with Gasteiger partial charge in [-0.25, -0.2) is 0 Å². The van der Waals surface area contributed by atoms with Crippen LogP contribution in [-0.2, 0) is 11.3 Å². The Hall–Kier alpha value is -4.60. The SMILES string of the molecule is COc1ccc2cc1OCC(=O)NCc1ccc(cc1)O[C@@H]1CCN(C(=O)c3ccncc3)C[C@@H]1NC2=O. The number of piperidine rings is 1. The van der Waals surface area contributed by atoms with E-state index in [0.717, 1.165) is 5.56 Å². The first-order chi connectivity index (χ1) is 18.5. The second-order valence-electron chi connectivity index (χ2n) is 9.09. The molecule has 1 saturated heterocycles. The average Bonchev–Trinajstić information content (AvgIpc) is 2.96. The van der Waals surface area contributed by atoms with Gasteiger partial charge in [0.25, 0.3) is 17.7 Å². The number of fused-ring (bicyclic) bond motifs is 7. The van der Waals surface area contributed by atoms with Crippen LogP contribution >= 0.6 is 0 Å². The number of carbonyl (C=O) groups is 3. The topological polar surface area (TPSA) is 119 Å². The van der Waals surface area contributed by atoms with Crippen LogP contribution in [0, 0.1) is 0 Å². The van der Waals surface area contributed by atoms with E-state index in [1.165, 1.54) is 13.2 Å². The smallest absolute Gasteiger partial charge is 0.258 e. The van der Waals surface area contributed by atoms with Crippen LogP contribution in [0.3, 0.4) is 0 Å². The fourth-order valence-corrected chi connectivity index (χ4v) is 4.51. The highest BCUT2D eigenvalue weighted by Crippen LogP contribution is 2.29. The summed E-state index contributed by atoms with van der Waals surface area (Å²) < 4.78 is 17.3. The highest BCUT2D eigenvalue weighted by Gasteiger charge is 2.35. The van der Waals surface area contributed by atoms with Crippen molar-refractivity contribution in [2.45, 2.75) is 25.1 Å². The Bertz CT molecular complexity index is 1310. The highest BCUT2D eigenvalue weighted by atomic mass is 16.5. The molecule has 4 heterocycles. The van der Waals surface area contributed by atoms with Crippen molar-refractivity contribution >= 4 is 17.7 Å². The van der Waals surface area contributed by atoms with Crippen molar-refractivity contribution in [1.29, 1.82) is 0 Å². The maximum absolute atomic E-state index is 13.4. The van der Waals surface area contributed by atoms with Gasteiger partial charge in [0.15, 0.2) is 18.1 Å². The van der Waals surface area contributed by atoms with Gasteiger partial charge in [0.2, 0.25) is 0 Å².